The van der Waals surface area contributed by atoms with Gasteiger partial charge in [-0.3, -0.25) is 19.3 Å². The van der Waals surface area contributed by atoms with Crippen molar-refractivity contribution >= 4 is 11.8 Å². The van der Waals surface area contributed by atoms with Gasteiger partial charge in [0.15, 0.2) is 0 Å². The van der Waals surface area contributed by atoms with Gasteiger partial charge in [-0.15, -0.1) is 0 Å². The van der Waals surface area contributed by atoms with Crippen molar-refractivity contribution in [1.29, 1.82) is 0 Å². The van der Waals surface area contributed by atoms with Crippen LogP contribution in [0.1, 0.15) is 66.4 Å². The van der Waals surface area contributed by atoms with E-state index >= 15 is 0 Å². The van der Waals surface area contributed by atoms with Crippen molar-refractivity contribution in [1.82, 2.24) is 19.7 Å². The maximum atomic E-state index is 13.3. The third-order valence-corrected chi connectivity index (χ3v) is 6.19. The van der Waals surface area contributed by atoms with E-state index < -0.39 is 11.3 Å². The molecule has 0 spiro atoms. The van der Waals surface area contributed by atoms with Crippen LogP contribution in [0.2, 0.25) is 0 Å². The number of aromatic nitrogens is 1. The number of likely N-dealkylation sites (N-methyl/N-ethyl adjacent to an activating group) is 1. The van der Waals surface area contributed by atoms with Gasteiger partial charge in [0.25, 0.3) is 11.8 Å². The monoisotopic (exact) mass is 438 g/mol. The van der Waals surface area contributed by atoms with Gasteiger partial charge in [0, 0.05) is 44.1 Å². The van der Waals surface area contributed by atoms with E-state index in [2.05, 4.69) is 24.1 Å². The Hall–Kier alpha value is -2.93. The molecule has 1 unspecified atom stereocenters. The fourth-order valence-corrected chi connectivity index (χ4v) is 4.22. The van der Waals surface area contributed by atoms with Gasteiger partial charge in [-0.2, -0.15) is 0 Å². The molecule has 0 aliphatic carbocycles. The molecule has 7 heteroatoms. The topological polar surface area (TPSA) is 74.7 Å². The van der Waals surface area contributed by atoms with Gasteiger partial charge in [0.1, 0.15) is 11.1 Å². The standard InChI is InChI=1S/C25H34N4O3/c1-5-27(6-2)20-12-13-28(15-20)25(32)22-17-29(18(3)4)16-21(23(22)30)24(31)26-14-19-10-8-7-9-11-19/h7-11,16-18,20H,5-6,12-15H2,1-4H3,(H,26,31). The van der Waals surface area contributed by atoms with E-state index in [1.165, 1.54) is 0 Å². The minimum absolute atomic E-state index is 0.0000269. The Morgan fingerprint density at radius 2 is 1.75 bits per heavy atom. The van der Waals surface area contributed by atoms with Gasteiger partial charge in [0.2, 0.25) is 5.43 Å². The lowest BCUT2D eigenvalue weighted by Crippen LogP contribution is -2.40. The third-order valence-electron chi connectivity index (χ3n) is 6.19. The molecule has 32 heavy (non-hydrogen) atoms. The second-order valence-corrected chi connectivity index (χ2v) is 8.54. The summed E-state index contributed by atoms with van der Waals surface area (Å²) in [4.78, 5) is 43.5. The smallest absolute Gasteiger partial charge is 0.259 e. The summed E-state index contributed by atoms with van der Waals surface area (Å²) >= 11 is 0. The first-order valence-corrected chi connectivity index (χ1v) is 11.5. The lowest BCUT2D eigenvalue weighted by molar-refractivity contribution is 0.0775. The zero-order valence-electron chi connectivity index (χ0n) is 19.5. The number of nitrogens with one attached hydrogen (secondary N) is 1. The predicted octanol–water partition coefficient (Wildman–Crippen LogP) is 2.92. The molecule has 1 saturated heterocycles. The molecule has 2 amide bonds. The Kier molecular flexibility index (Phi) is 7.85. The molecule has 1 fully saturated rings. The summed E-state index contributed by atoms with van der Waals surface area (Å²) in [7, 11) is 0. The van der Waals surface area contributed by atoms with Crippen molar-refractivity contribution in [2.45, 2.75) is 52.7 Å². The maximum Gasteiger partial charge on any atom is 0.259 e. The van der Waals surface area contributed by atoms with E-state index in [1.807, 2.05) is 44.2 Å². The Balaban J connectivity index is 1.85. The molecule has 0 saturated carbocycles. The number of amides is 2. The molecule has 1 aromatic carbocycles. The molecule has 172 valence electrons. The Morgan fingerprint density at radius 3 is 2.38 bits per heavy atom. The summed E-state index contributed by atoms with van der Waals surface area (Å²) in [6.07, 6.45) is 4.03. The molecule has 1 atom stereocenters. The van der Waals surface area contributed by atoms with E-state index in [0.717, 1.165) is 25.1 Å². The van der Waals surface area contributed by atoms with E-state index in [0.29, 0.717) is 25.7 Å². The highest BCUT2D eigenvalue weighted by molar-refractivity contribution is 5.99. The Labute approximate surface area is 190 Å². The van der Waals surface area contributed by atoms with Gasteiger partial charge in [0.05, 0.1) is 0 Å². The van der Waals surface area contributed by atoms with Crippen LogP contribution in [0.25, 0.3) is 0 Å². The van der Waals surface area contributed by atoms with Crippen molar-refractivity contribution in [3.05, 3.63) is 69.6 Å². The number of nitrogens with zero attached hydrogens (tertiary/aromatic N) is 3. The average Bonchev–Trinajstić information content (AvgIpc) is 3.28. The second kappa shape index (κ2) is 10.6. The van der Waals surface area contributed by atoms with Crippen LogP contribution < -0.4 is 10.7 Å². The van der Waals surface area contributed by atoms with Gasteiger partial charge in [-0.05, 0) is 38.9 Å². The Morgan fingerprint density at radius 1 is 1.09 bits per heavy atom. The van der Waals surface area contributed by atoms with Gasteiger partial charge in [-0.25, -0.2) is 0 Å². The van der Waals surface area contributed by atoms with Crippen LogP contribution in [-0.4, -0.2) is 58.4 Å². The summed E-state index contributed by atoms with van der Waals surface area (Å²) in [5.74, 6) is -0.762. The van der Waals surface area contributed by atoms with Crippen molar-refractivity contribution in [3.63, 3.8) is 0 Å². The number of benzene rings is 1. The first-order valence-electron chi connectivity index (χ1n) is 11.5. The van der Waals surface area contributed by atoms with Crippen molar-refractivity contribution in [2.75, 3.05) is 26.2 Å². The van der Waals surface area contributed by atoms with Gasteiger partial charge >= 0.3 is 0 Å². The zero-order valence-corrected chi connectivity index (χ0v) is 19.5. The van der Waals surface area contributed by atoms with Crippen LogP contribution >= 0.6 is 0 Å². The number of pyridine rings is 1. The van der Waals surface area contributed by atoms with Crippen molar-refractivity contribution in [3.8, 4) is 0 Å². The highest BCUT2D eigenvalue weighted by atomic mass is 16.2. The quantitative estimate of drug-likeness (QED) is 0.688. The zero-order chi connectivity index (χ0) is 23.3. The van der Waals surface area contributed by atoms with E-state index in [4.69, 9.17) is 0 Å². The molecule has 2 aromatic rings. The highest BCUT2D eigenvalue weighted by Gasteiger charge is 2.31. The molecule has 3 rings (SSSR count). The minimum atomic E-state index is -0.510. The third kappa shape index (κ3) is 5.27. The van der Waals surface area contributed by atoms with Crippen molar-refractivity contribution < 1.29 is 9.59 Å². The maximum absolute atomic E-state index is 13.3. The molecule has 1 aliphatic heterocycles. The SMILES string of the molecule is CCN(CC)C1CCN(C(=O)c2cn(C(C)C)cc(C(=O)NCc3ccccc3)c2=O)C1. The van der Waals surface area contributed by atoms with Crippen LogP contribution in [0.4, 0.5) is 0 Å². The number of carbonyl (C=O) groups is 2. The molecular formula is C25H34N4O3. The van der Waals surface area contributed by atoms with Crippen LogP contribution in [0, 0.1) is 0 Å². The lowest BCUT2D eigenvalue weighted by Gasteiger charge is -2.26. The summed E-state index contributed by atoms with van der Waals surface area (Å²) < 4.78 is 1.77. The summed E-state index contributed by atoms with van der Waals surface area (Å²) in [5, 5.41) is 2.81. The lowest BCUT2D eigenvalue weighted by atomic mass is 10.1. The van der Waals surface area contributed by atoms with E-state index in [9.17, 15) is 14.4 Å². The summed E-state index contributed by atoms with van der Waals surface area (Å²) in [6.45, 7) is 11.5. The molecule has 1 N–H and O–H groups in total. The molecule has 1 aliphatic rings. The number of hydrogen-bond donors (Lipinski definition) is 1. The van der Waals surface area contributed by atoms with Crippen LogP contribution in [-0.2, 0) is 6.54 Å². The van der Waals surface area contributed by atoms with Gasteiger partial charge < -0.3 is 14.8 Å². The average molecular weight is 439 g/mol. The number of likely N-dealkylation sites (tertiary alicyclic amines) is 1. The molecular weight excluding hydrogens is 404 g/mol. The first kappa shape index (κ1) is 23.7. The molecule has 0 radical (unpaired) electrons. The fraction of sp³-hybridized carbons (Fsp3) is 0.480. The van der Waals surface area contributed by atoms with Gasteiger partial charge in [-0.1, -0.05) is 44.2 Å². The Bertz CT molecular complexity index is 996. The second-order valence-electron chi connectivity index (χ2n) is 8.54. The first-order chi connectivity index (χ1) is 15.3. The predicted molar refractivity (Wildman–Crippen MR) is 126 cm³/mol. The summed E-state index contributed by atoms with van der Waals surface area (Å²) in [6, 6.07) is 9.83. The largest absolute Gasteiger partial charge is 0.350 e. The number of hydrogen-bond acceptors (Lipinski definition) is 4. The van der Waals surface area contributed by atoms with Crippen LogP contribution in [0.3, 0.4) is 0 Å². The fourth-order valence-electron chi connectivity index (χ4n) is 4.22. The molecule has 7 nitrogen and oxygen atoms in total. The number of carbonyl (C=O) groups excluding carboxylic acids is 2. The molecule has 2 heterocycles. The number of rotatable bonds is 8. The van der Waals surface area contributed by atoms with Crippen LogP contribution in [0.15, 0.2) is 47.5 Å². The van der Waals surface area contributed by atoms with E-state index in [1.54, 1.807) is 21.9 Å². The highest BCUT2D eigenvalue weighted by Crippen LogP contribution is 2.18. The minimum Gasteiger partial charge on any atom is -0.350 e. The summed E-state index contributed by atoms with van der Waals surface area (Å²) in [5.41, 5.74) is 0.492. The normalized spacial score (nSPS) is 16.1. The van der Waals surface area contributed by atoms with Crippen LogP contribution in [0.5, 0.6) is 0 Å². The molecule has 0 bridgehead atoms. The van der Waals surface area contributed by atoms with Crippen molar-refractivity contribution in [2.24, 2.45) is 0 Å². The van der Waals surface area contributed by atoms with E-state index in [-0.39, 0.29) is 23.1 Å². The molecule has 1 aromatic heterocycles.